The molecule has 0 radical (unpaired) electrons. The second kappa shape index (κ2) is 5.38. The SMILES string of the molecule is Cc1c(O)c(-c2ccccc2C(Cl)(Cl)Cl)nn1C(C)(C)C. The fourth-order valence-electron chi connectivity index (χ4n) is 2.27. The third-order valence-corrected chi connectivity index (χ3v) is 3.82. The highest BCUT2D eigenvalue weighted by Crippen LogP contribution is 2.45. The van der Waals surface area contributed by atoms with Gasteiger partial charge in [-0.15, -0.1) is 0 Å². The fraction of sp³-hybridized carbons (Fsp3) is 0.400. The van der Waals surface area contributed by atoms with Crippen LogP contribution in [-0.4, -0.2) is 14.9 Å². The molecule has 0 aliphatic carbocycles. The van der Waals surface area contributed by atoms with Gasteiger partial charge in [-0.3, -0.25) is 4.68 Å². The van der Waals surface area contributed by atoms with Gasteiger partial charge in [0.1, 0.15) is 5.69 Å². The highest BCUT2D eigenvalue weighted by molar-refractivity contribution is 6.67. The molecule has 6 heteroatoms. The molecular formula is C15H17Cl3N2O. The summed E-state index contributed by atoms with van der Waals surface area (Å²) in [6.45, 7) is 7.85. The summed E-state index contributed by atoms with van der Waals surface area (Å²) in [5.41, 5.74) is 1.94. The number of aromatic nitrogens is 2. The maximum atomic E-state index is 10.4. The number of hydrogen-bond acceptors (Lipinski definition) is 2. The summed E-state index contributed by atoms with van der Waals surface area (Å²) in [5.74, 6) is 0.103. The van der Waals surface area contributed by atoms with E-state index < -0.39 is 3.79 Å². The fourth-order valence-corrected chi connectivity index (χ4v) is 2.76. The molecule has 0 aliphatic rings. The average molecular weight is 348 g/mol. The van der Waals surface area contributed by atoms with E-state index in [1.165, 1.54) is 0 Å². The third kappa shape index (κ3) is 3.15. The van der Waals surface area contributed by atoms with Gasteiger partial charge >= 0.3 is 0 Å². The zero-order chi connectivity index (χ0) is 16.0. The van der Waals surface area contributed by atoms with Gasteiger partial charge in [-0.05, 0) is 27.7 Å². The lowest BCUT2D eigenvalue weighted by Crippen LogP contribution is -2.24. The molecule has 2 aromatic rings. The van der Waals surface area contributed by atoms with E-state index in [9.17, 15) is 5.11 Å². The second-order valence-corrected chi connectivity index (χ2v) is 8.19. The predicted molar refractivity (Wildman–Crippen MR) is 88.3 cm³/mol. The van der Waals surface area contributed by atoms with Gasteiger partial charge < -0.3 is 5.11 Å². The van der Waals surface area contributed by atoms with E-state index in [2.05, 4.69) is 5.10 Å². The van der Waals surface area contributed by atoms with Crippen molar-refractivity contribution >= 4 is 34.8 Å². The Bertz CT molecular complexity index is 667. The molecule has 1 N–H and O–H groups in total. The van der Waals surface area contributed by atoms with Gasteiger partial charge in [0.15, 0.2) is 5.75 Å². The van der Waals surface area contributed by atoms with Crippen LogP contribution in [0.25, 0.3) is 11.3 Å². The van der Waals surface area contributed by atoms with Crippen LogP contribution in [0.2, 0.25) is 0 Å². The monoisotopic (exact) mass is 346 g/mol. The Hall–Kier alpha value is -0.900. The van der Waals surface area contributed by atoms with Crippen LogP contribution in [0, 0.1) is 6.92 Å². The molecule has 0 atom stereocenters. The number of hydrogen-bond donors (Lipinski definition) is 1. The first-order valence-corrected chi connectivity index (χ1v) is 7.62. The van der Waals surface area contributed by atoms with Gasteiger partial charge in [-0.2, -0.15) is 5.10 Å². The van der Waals surface area contributed by atoms with E-state index in [4.69, 9.17) is 34.8 Å². The van der Waals surface area contributed by atoms with Gasteiger partial charge in [-0.1, -0.05) is 59.1 Å². The standard InChI is InChI=1S/C15H17Cl3N2O/c1-9-13(21)12(19-20(9)14(2,3)4)10-7-5-6-8-11(10)15(16,17)18/h5-8,21H,1-4H3. The zero-order valence-corrected chi connectivity index (χ0v) is 14.6. The van der Waals surface area contributed by atoms with Crippen molar-refractivity contribution in [2.45, 2.75) is 37.0 Å². The summed E-state index contributed by atoms with van der Waals surface area (Å²) < 4.78 is 0.190. The van der Waals surface area contributed by atoms with Crippen LogP contribution in [0.3, 0.4) is 0 Å². The maximum absolute atomic E-state index is 10.4. The van der Waals surface area contributed by atoms with Crippen LogP contribution in [0.5, 0.6) is 5.75 Å². The summed E-state index contributed by atoms with van der Waals surface area (Å²) in [5, 5.41) is 14.9. The smallest absolute Gasteiger partial charge is 0.216 e. The number of halogens is 3. The molecular weight excluding hydrogens is 331 g/mol. The van der Waals surface area contributed by atoms with Gasteiger partial charge in [0.2, 0.25) is 3.79 Å². The van der Waals surface area contributed by atoms with Crippen LogP contribution in [0.15, 0.2) is 24.3 Å². The van der Waals surface area contributed by atoms with Crippen LogP contribution in [0.4, 0.5) is 0 Å². The van der Waals surface area contributed by atoms with Crippen molar-refractivity contribution < 1.29 is 5.11 Å². The van der Waals surface area contributed by atoms with E-state index in [1.807, 2.05) is 33.8 Å². The molecule has 0 unspecified atom stereocenters. The summed E-state index contributed by atoms with van der Waals surface area (Å²) >= 11 is 18.1. The molecule has 1 aromatic heterocycles. The maximum Gasteiger partial charge on any atom is 0.216 e. The Morgan fingerprint density at radius 1 is 1.10 bits per heavy atom. The van der Waals surface area contributed by atoms with E-state index in [1.54, 1.807) is 22.9 Å². The molecule has 0 spiro atoms. The Balaban J connectivity index is 2.70. The lowest BCUT2D eigenvalue weighted by atomic mass is 10.0. The molecule has 0 fully saturated rings. The van der Waals surface area contributed by atoms with Crippen LogP contribution >= 0.6 is 34.8 Å². The molecule has 0 aliphatic heterocycles. The van der Waals surface area contributed by atoms with Crippen molar-refractivity contribution in [2.75, 3.05) is 0 Å². The van der Waals surface area contributed by atoms with Crippen molar-refractivity contribution in [1.29, 1.82) is 0 Å². The largest absolute Gasteiger partial charge is 0.504 e. The second-order valence-electron chi connectivity index (χ2n) is 5.91. The van der Waals surface area contributed by atoms with Gasteiger partial charge in [0.05, 0.1) is 11.2 Å². The molecule has 3 nitrogen and oxygen atoms in total. The van der Waals surface area contributed by atoms with Crippen molar-refractivity contribution in [1.82, 2.24) is 9.78 Å². The highest BCUT2D eigenvalue weighted by atomic mass is 35.6. The molecule has 0 bridgehead atoms. The molecule has 2 rings (SSSR count). The summed E-state index contributed by atoms with van der Waals surface area (Å²) in [7, 11) is 0. The molecule has 1 heterocycles. The van der Waals surface area contributed by atoms with E-state index in [-0.39, 0.29) is 11.3 Å². The number of alkyl halides is 3. The Labute approximate surface area is 139 Å². The van der Waals surface area contributed by atoms with Crippen LogP contribution in [-0.2, 0) is 9.33 Å². The summed E-state index contributed by atoms with van der Waals surface area (Å²) in [4.78, 5) is 0. The van der Waals surface area contributed by atoms with Crippen molar-refractivity contribution in [3.8, 4) is 17.0 Å². The first kappa shape index (κ1) is 16.5. The molecule has 0 saturated heterocycles. The quantitative estimate of drug-likeness (QED) is 0.725. The minimum atomic E-state index is -1.58. The third-order valence-electron chi connectivity index (χ3n) is 3.21. The lowest BCUT2D eigenvalue weighted by molar-refractivity contribution is 0.345. The lowest BCUT2D eigenvalue weighted by Gasteiger charge is -2.21. The van der Waals surface area contributed by atoms with Crippen molar-refractivity contribution in [3.63, 3.8) is 0 Å². The number of rotatable bonds is 1. The van der Waals surface area contributed by atoms with Crippen molar-refractivity contribution in [3.05, 3.63) is 35.5 Å². The highest BCUT2D eigenvalue weighted by Gasteiger charge is 2.30. The topological polar surface area (TPSA) is 38.1 Å². The van der Waals surface area contributed by atoms with Gasteiger partial charge in [0, 0.05) is 11.1 Å². The first-order valence-electron chi connectivity index (χ1n) is 6.49. The molecule has 114 valence electrons. The van der Waals surface area contributed by atoms with Gasteiger partial charge in [0.25, 0.3) is 0 Å². The number of aromatic hydroxyl groups is 1. The summed E-state index contributed by atoms with van der Waals surface area (Å²) in [6.07, 6.45) is 0. The Morgan fingerprint density at radius 2 is 1.67 bits per heavy atom. The molecule has 21 heavy (non-hydrogen) atoms. The van der Waals surface area contributed by atoms with E-state index >= 15 is 0 Å². The number of benzene rings is 1. The number of nitrogens with zero attached hydrogens (tertiary/aromatic N) is 2. The Kier molecular flexibility index (Phi) is 4.22. The normalized spacial score (nSPS) is 12.7. The molecule has 1 aromatic carbocycles. The zero-order valence-electron chi connectivity index (χ0n) is 12.3. The van der Waals surface area contributed by atoms with Crippen molar-refractivity contribution in [2.24, 2.45) is 0 Å². The predicted octanol–water partition coefficient (Wildman–Crippen LogP) is 5.15. The first-order chi connectivity index (χ1) is 9.53. The van der Waals surface area contributed by atoms with Gasteiger partial charge in [-0.25, -0.2) is 0 Å². The minimum absolute atomic E-state index is 0.103. The van der Waals surface area contributed by atoms with Crippen LogP contribution in [0.1, 0.15) is 32.0 Å². The molecule has 0 saturated carbocycles. The van der Waals surface area contributed by atoms with E-state index in [0.29, 0.717) is 22.5 Å². The summed E-state index contributed by atoms with van der Waals surface area (Å²) in [6, 6.07) is 7.10. The Morgan fingerprint density at radius 3 is 2.14 bits per heavy atom. The van der Waals surface area contributed by atoms with E-state index in [0.717, 1.165) is 0 Å². The average Bonchev–Trinajstić information content (AvgIpc) is 2.65. The minimum Gasteiger partial charge on any atom is -0.504 e. The van der Waals surface area contributed by atoms with Crippen LogP contribution < -0.4 is 0 Å². The molecule has 0 amide bonds.